The van der Waals surface area contributed by atoms with Crippen molar-refractivity contribution in [3.8, 4) is 0 Å². The van der Waals surface area contributed by atoms with Gasteiger partial charge in [-0.25, -0.2) is 5.48 Å². The first-order chi connectivity index (χ1) is 6.25. The van der Waals surface area contributed by atoms with Gasteiger partial charge in [-0.3, -0.25) is 9.63 Å². The first-order valence-corrected chi connectivity index (χ1v) is 4.84. The van der Waals surface area contributed by atoms with E-state index in [0.29, 0.717) is 6.61 Å². The predicted octanol–water partition coefficient (Wildman–Crippen LogP) is 0.816. The summed E-state index contributed by atoms with van der Waals surface area (Å²) in [6.07, 6.45) is 0. The number of carbonyl (C=O) groups is 1. The van der Waals surface area contributed by atoms with Gasteiger partial charge in [-0.2, -0.15) is 0 Å². The number of rotatable bonds is 4. The predicted molar refractivity (Wildman–Crippen MR) is 51.0 cm³/mol. The highest BCUT2D eigenvalue weighted by molar-refractivity contribution is 7.10. The fourth-order valence-electron chi connectivity index (χ4n) is 0.804. The highest BCUT2D eigenvalue weighted by Gasteiger charge is 2.15. The summed E-state index contributed by atoms with van der Waals surface area (Å²) in [6, 6.07) is 3.04. The normalized spacial score (nSPS) is 12.5. The maximum atomic E-state index is 11.2. The van der Waals surface area contributed by atoms with Crippen LogP contribution in [-0.2, 0) is 9.63 Å². The van der Waals surface area contributed by atoms with Crippen LogP contribution in [0.2, 0.25) is 0 Å². The molecule has 0 saturated carbocycles. The number of hydroxylamine groups is 1. The van der Waals surface area contributed by atoms with Crippen molar-refractivity contribution in [1.29, 1.82) is 0 Å². The molecule has 0 spiro atoms. The summed E-state index contributed by atoms with van der Waals surface area (Å²) in [5, 5.41) is 1.88. The third-order valence-corrected chi connectivity index (χ3v) is 2.40. The Kier molecular flexibility index (Phi) is 3.88. The van der Waals surface area contributed by atoms with E-state index in [1.165, 1.54) is 11.3 Å². The average Bonchev–Trinajstić information content (AvgIpc) is 2.65. The van der Waals surface area contributed by atoms with Crippen molar-refractivity contribution in [3.63, 3.8) is 0 Å². The summed E-state index contributed by atoms with van der Waals surface area (Å²) in [6.45, 7) is 2.22. The van der Waals surface area contributed by atoms with Crippen LogP contribution >= 0.6 is 11.3 Å². The van der Waals surface area contributed by atoms with E-state index < -0.39 is 6.04 Å². The molecule has 0 aliphatic rings. The van der Waals surface area contributed by atoms with Crippen LogP contribution in [0.4, 0.5) is 0 Å². The molecule has 3 N–H and O–H groups in total. The Balaban J connectivity index is 2.48. The van der Waals surface area contributed by atoms with Crippen LogP contribution < -0.4 is 11.2 Å². The molecule has 0 bridgehead atoms. The van der Waals surface area contributed by atoms with Crippen molar-refractivity contribution in [2.24, 2.45) is 5.73 Å². The molecule has 13 heavy (non-hydrogen) atoms. The van der Waals surface area contributed by atoms with Crippen molar-refractivity contribution in [2.75, 3.05) is 6.61 Å². The fourth-order valence-corrected chi connectivity index (χ4v) is 1.53. The minimum Gasteiger partial charge on any atom is -0.315 e. The molecule has 4 nitrogen and oxygen atoms in total. The average molecular weight is 200 g/mol. The molecule has 0 saturated heterocycles. The van der Waals surface area contributed by atoms with Crippen LogP contribution in [-0.4, -0.2) is 12.5 Å². The number of amides is 1. The van der Waals surface area contributed by atoms with Crippen molar-refractivity contribution in [3.05, 3.63) is 22.4 Å². The SMILES string of the molecule is CCONC(=O)C(N)c1cccs1. The van der Waals surface area contributed by atoms with Crippen molar-refractivity contribution < 1.29 is 9.63 Å². The Hall–Kier alpha value is -0.910. The third kappa shape index (κ3) is 2.80. The van der Waals surface area contributed by atoms with Gasteiger partial charge in [-0.15, -0.1) is 11.3 Å². The minimum absolute atomic E-state index is 0.315. The molecule has 1 rings (SSSR count). The van der Waals surface area contributed by atoms with E-state index in [1.807, 2.05) is 17.5 Å². The van der Waals surface area contributed by atoms with E-state index >= 15 is 0 Å². The van der Waals surface area contributed by atoms with Gasteiger partial charge in [-0.1, -0.05) is 6.07 Å². The molecule has 0 aromatic carbocycles. The second-order valence-corrected chi connectivity index (χ2v) is 3.37. The molecule has 5 heteroatoms. The van der Waals surface area contributed by atoms with Gasteiger partial charge in [-0.05, 0) is 18.4 Å². The second-order valence-electron chi connectivity index (χ2n) is 2.39. The Morgan fingerprint density at radius 2 is 2.62 bits per heavy atom. The van der Waals surface area contributed by atoms with Crippen LogP contribution in [0, 0.1) is 0 Å². The van der Waals surface area contributed by atoms with Crippen LogP contribution in [0.15, 0.2) is 17.5 Å². The largest absolute Gasteiger partial charge is 0.315 e. The molecule has 0 radical (unpaired) electrons. The lowest BCUT2D eigenvalue weighted by Crippen LogP contribution is -2.33. The molecular formula is C8H12N2O2S. The van der Waals surface area contributed by atoms with E-state index in [0.717, 1.165) is 4.88 Å². The van der Waals surface area contributed by atoms with E-state index in [4.69, 9.17) is 10.6 Å². The zero-order valence-electron chi connectivity index (χ0n) is 7.32. The highest BCUT2D eigenvalue weighted by Crippen LogP contribution is 2.16. The van der Waals surface area contributed by atoms with E-state index in [-0.39, 0.29) is 5.91 Å². The summed E-state index contributed by atoms with van der Waals surface area (Å²) in [5.41, 5.74) is 7.91. The van der Waals surface area contributed by atoms with Crippen LogP contribution in [0.25, 0.3) is 0 Å². The number of thiophene rings is 1. The maximum absolute atomic E-state index is 11.2. The topological polar surface area (TPSA) is 64.3 Å². The molecular weight excluding hydrogens is 188 g/mol. The minimum atomic E-state index is -0.633. The van der Waals surface area contributed by atoms with Crippen LogP contribution in [0.5, 0.6) is 0 Å². The molecule has 1 aromatic rings. The molecule has 0 aliphatic heterocycles. The first-order valence-electron chi connectivity index (χ1n) is 3.96. The standard InChI is InChI=1S/C8H12N2O2S/c1-2-12-10-8(11)7(9)6-4-3-5-13-6/h3-5,7H,2,9H2,1H3,(H,10,11). The van der Waals surface area contributed by atoms with Gasteiger partial charge in [0, 0.05) is 4.88 Å². The molecule has 0 fully saturated rings. The first kappa shape index (κ1) is 10.2. The van der Waals surface area contributed by atoms with Crippen molar-refractivity contribution in [1.82, 2.24) is 5.48 Å². The Morgan fingerprint density at radius 1 is 1.85 bits per heavy atom. The van der Waals surface area contributed by atoms with Gasteiger partial charge in [0.2, 0.25) is 0 Å². The van der Waals surface area contributed by atoms with Crippen LogP contribution in [0.1, 0.15) is 17.8 Å². The zero-order valence-corrected chi connectivity index (χ0v) is 8.14. The summed E-state index contributed by atoms with van der Waals surface area (Å²) in [4.78, 5) is 16.8. The number of nitrogens with two attached hydrogens (primary N) is 1. The zero-order chi connectivity index (χ0) is 9.68. The summed E-state index contributed by atoms with van der Waals surface area (Å²) >= 11 is 1.45. The van der Waals surface area contributed by atoms with E-state index in [1.54, 1.807) is 6.92 Å². The molecule has 1 aromatic heterocycles. The number of nitrogens with one attached hydrogen (secondary N) is 1. The van der Waals surface area contributed by atoms with Gasteiger partial charge in [0.25, 0.3) is 5.91 Å². The van der Waals surface area contributed by atoms with Gasteiger partial charge >= 0.3 is 0 Å². The molecule has 0 aliphatic carbocycles. The van der Waals surface area contributed by atoms with Crippen molar-refractivity contribution >= 4 is 17.2 Å². The smallest absolute Gasteiger partial charge is 0.265 e. The van der Waals surface area contributed by atoms with Gasteiger partial charge in [0.05, 0.1) is 6.61 Å². The lowest BCUT2D eigenvalue weighted by Gasteiger charge is -2.08. The lowest BCUT2D eigenvalue weighted by molar-refractivity contribution is -0.134. The van der Waals surface area contributed by atoms with Crippen LogP contribution in [0.3, 0.4) is 0 Å². The number of hydrogen-bond acceptors (Lipinski definition) is 4. The Labute approximate surface area is 80.7 Å². The Bertz CT molecular complexity index is 261. The van der Waals surface area contributed by atoms with Crippen molar-refractivity contribution in [2.45, 2.75) is 13.0 Å². The number of carbonyl (C=O) groups excluding carboxylic acids is 1. The maximum Gasteiger partial charge on any atom is 0.265 e. The van der Waals surface area contributed by atoms with Gasteiger partial charge < -0.3 is 5.73 Å². The van der Waals surface area contributed by atoms with E-state index in [2.05, 4.69) is 5.48 Å². The highest BCUT2D eigenvalue weighted by atomic mass is 32.1. The monoisotopic (exact) mass is 200 g/mol. The fraction of sp³-hybridized carbons (Fsp3) is 0.375. The van der Waals surface area contributed by atoms with Gasteiger partial charge in [0.15, 0.2) is 0 Å². The van der Waals surface area contributed by atoms with Gasteiger partial charge in [0.1, 0.15) is 6.04 Å². The second kappa shape index (κ2) is 4.96. The molecule has 72 valence electrons. The molecule has 1 heterocycles. The number of hydrogen-bond donors (Lipinski definition) is 2. The third-order valence-electron chi connectivity index (χ3n) is 1.45. The molecule has 1 unspecified atom stereocenters. The summed E-state index contributed by atoms with van der Waals surface area (Å²) < 4.78 is 0. The quantitative estimate of drug-likeness (QED) is 0.707. The van der Waals surface area contributed by atoms with E-state index in [9.17, 15) is 4.79 Å². The summed E-state index contributed by atoms with van der Waals surface area (Å²) in [7, 11) is 0. The Morgan fingerprint density at radius 3 is 3.15 bits per heavy atom. The lowest BCUT2D eigenvalue weighted by atomic mass is 10.2. The summed E-state index contributed by atoms with van der Waals surface area (Å²) in [5.74, 6) is -0.315. The molecule has 1 amide bonds. The molecule has 1 atom stereocenters.